The highest BCUT2D eigenvalue weighted by Gasteiger charge is 2.58. The molecule has 1 aromatic carbocycles. The SMILES string of the molecule is COC(=O)N1C(=O)[C@H]2[C@H](CC=C3[C@H](c4cc(Cl)c(O)c(OC)c4)C4=C(C[C@H]32)C(=O)C=C(C)C4=O)C1=O. The van der Waals surface area contributed by atoms with Gasteiger partial charge in [-0.05, 0) is 49.5 Å². The van der Waals surface area contributed by atoms with Gasteiger partial charge >= 0.3 is 6.09 Å². The molecular weight excluding hydrogens is 490 g/mol. The number of hydrogen-bond donors (Lipinski definition) is 1. The normalized spacial score (nSPS) is 27.3. The Bertz CT molecular complexity index is 1370. The lowest BCUT2D eigenvalue weighted by Gasteiger charge is -2.42. The summed E-state index contributed by atoms with van der Waals surface area (Å²) in [5, 5.41) is 10.3. The summed E-state index contributed by atoms with van der Waals surface area (Å²) in [5.74, 6) is -5.19. The van der Waals surface area contributed by atoms with Crippen LogP contribution < -0.4 is 4.74 Å². The van der Waals surface area contributed by atoms with Crippen molar-refractivity contribution in [3.63, 3.8) is 0 Å². The number of benzene rings is 1. The van der Waals surface area contributed by atoms with Crippen LogP contribution in [0.3, 0.4) is 0 Å². The molecule has 1 N–H and O–H groups in total. The minimum atomic E-state index is -1.05. The number of hydrogen-bond acceptors (Lipinski definition) is 8. The van der Waals surface area contributed by atoms with E-state index in [1.807, 2.05) is 6.08 Å². The van der Waals surface area contributed by atoms with Crippen LogP contribution >= 0.6 is 11.6 Å². The Kier molecular flexibility index (Phi) is 5.63. The van der Waals surface area contributed by atoms with Gasteiger partial charge in [-0.3, -0.25) is 19.2 Å². The molecule has 4 aliphatic rings. The quantitative estimate of drug-likeness (QED) is 0.364. The molecule has 3 aliphatic carbocycles. The first-order valence-electron chi connectivity index (χ1n) is 11.3. The number of ether oxygens (including phenoxy) is 2. The van der Waals surface area contributed by atoms with E-state index < -0.39 is 41.6 Å². The largest absolute Gasteiger partial charge is 0.503 e. The maximum Gasteiger partial charge on any atom is 0.423 e. The molecule has 0 saturated carbocycles. The number of Topliss-reactive ketones (excluding diaryl/α,β-unsaturated/α-hetero) is 1. The number of likely N-dealkylation sites (tertiary alicyclic amines) is 1. The van der Waals surface area contributed by atoms with E-state index in [0.717, 1.165) is 7.11 Å². The summed E-state index contributed by atoms with van der Waals surface area (Å²) in [6.07, 6.45) is 2.29. The number of fused-ring (bicyclic) bond motifs is 3. The first-order chi connectivity index (χ1) is 17.1. The van der Waals surface area contributed by atoms with E-state index in [9.17, 15) is 29.1 Å². The third kappa shape index (κ3) is 3.26. The number of phenols is 1. The fraction of sp³-hybridized carbons (Fsp3) is 0.346. The van der Waals surface area contributed by atoms with Gasteiger partial charge in [0.2, 0.25) is 11.8 Å². The number of aromatic hydroxyl groups is 1. The molecule has 36 heavy (non-hydrogen) atoms. The van der Waals surface area contributed by atoms with Gasteiger partial charge < -0.3 is 14.6 Å². The van der Waals surface area contributed by atoms with Crippen molar-refractivity contribution < 1.29 is 38.6 Å². The fourth-order valence-corrected chi connectivity index (χ4v) is 6.15. The third-order valence-electron chi connectivity index (χ3n) is 7.53. The number of ketones is 2. The Morgan fingerprint density at radius 2 is 1.83 bits per heavy atom. The Hall–Kier alpha value is -3.72. The summed E-state index contributed by atoms with van der Waals surface area (Å²) in [6.45, 7) is 1.57. The standard InChI is InChI=1S/C26H22ClNO8/c1-10-6-17(29)15-9-14-12(4-5-13-20(14)25(33)28(24(13)32)26(34)36-3)19(21(15)22(10)30)11-7-16(27)23(31)18(8-11)35-2/h4,6-8,13-14,19-20,31H,5,9H2,1-3H3/t13-,14+,19-,20-/m0/s1. The molecule has 5 rings (SSSR count). The van der Waals surface area contributed by atoms with E-state index in [-0.39, 0.29) is 57.6 Å². The smallest absolute Gasteiger partial charge is 0.423 e. The van der Waals surface area contributed by atoms with Crippen molar-refractivity contribution >= 4 is 41.1 Å². The van der Waals surface area contributed by atoms with Crippen LogP contribution in [0.15, 0.2) is 46.6 Å². The zero-order chi connectivity index (χ0) is 26.0. The molecule has 9 nitrogen and oxygen atoms in total. The number of imide groups is 3. The molecule has 1 fully saturated rings. The maximum atomic E-state index is 13.4. The van der Waals surface area contributed by atoms with Crippen LogP contribution in [0.4, 0.5) is 4.79 Å². The number of allylic oxidation sites excluding steroid dienone is 6. The van der Waals surface area contributed by atoms with E-state index in [1.54, 1.807) is 13.0 Å². The van der Waals surface area contributed by atoms with Crippen LogP contribution in [0, 0.1) is 17.8 Å². The highest BCUT2D eigenvalue weighted by Crippen LogP contribution is 2.56. The van der Waals surface area contributed by atoms with Crippen LogP contribution in [0.5, 0.6) is 11.5 Å². The molecule has 1 heterocycles. The van der Waals surface area contributed by atoms with E-state index >= 15 is 0 Å². The summed E-state index contributed by atoms with van der Waals surface area (Å²) >= 11 is 6.28. The second-order valence-electron chi connectivity index (χ2n) is 9.26. The van der Waals surface area contributed by atoms with Crippen LogP contribution in [0.1, 0.15) is 31.2 Å². The van der Waals surface area contributed by atoms with Gasteiger partial charge in [0.15, 0.2) is 23.1 Å². The molecule has 4 atom stereocenters. The van der Waals surface area contributed by atoms with Gasteiger partial charge in [-0.15, -0.1) is 0 Å². The number of carbonyl (C=O) groups is 5. The Labute approximate surface area is 211 Å². The molecule has 1 aromatic rings. The van der Waals surface area contributed by atoms with Crippen LogP contribution in [0.25, 0.3) is 0 Å². The number of carbonyl (C=O) groups excluding carboxylic acids is 5. The summed E-state index contributed by atoms with van der Waals surface area (Å²) in [7, 11) is 2.45. The molecule has 0 radical (unpaired) electrons. The number of methoxy groups -OCH3 is 2. The van der Waals surface area contributed by atoms with E-state index in [1.165, 1.54) is 19.3 Å². The van der Waals surface area contributed by atoms with Crippen LogP contribution in [-0.2, 0) is 23.9 Å². The van der Waals surface area contributed by atoms with Gasteiger partial charge in [-0.1, -0.05) is 23.3 Å². The summed E-state index contributed by atoms with van der Waals surface area (Å²) < 4.78 is 9.91. The minimum absolute atomic E-state index is 0.00579. The molecule has 1 saturated heterocycles. The number of halogens is 1. The maximum absolute atomic E-state index is 13.4. The second kappa shape index (κ2) is 8.44. The van der Waals surface area contributed by atoms with Crippen LogP contribution in [-0.4, -0.2) is 53.7 Å². The minimum Gasteiger partial charge on any atom is -0.503 e. The van der Waals surface area contributed by atoms with Gasteiger partial charge in [-0.25, -0.2) is 4.79 Å². The second-order valence-corrected chi connectivity index (χ2v) is 9.67. The van der Waals surface area contributed by atoms with E-state index in [0.29, 0.717) is 16.0 Å². The average molecular weight is 512 g/mol. The summed E-state index contributed by atoms with van der Waals surface area (Å²) in [4.78, 5) is 65.5. The highest BCUT2D eigenvalue weighted by molar-refractivity contribution is 6.32. The van der Waals surface area contributed by atoms with Gasteiger partial charge in [0.1, 0.15) is 0 Å². The molecule has 0 unspecified atom stereocenters. The van der Waals surface area contributed by atoms with Crippen molar-refractivity contribution in [1.29, 1.82) is 0 Å². The Balaban J connectivity index is 1.71. The first-order valence-corrected chi connectivity index (χ1v) is 11.7. The van der Waals surface area contributed by atoms with Crippen molar-refractivity contribution in [3.05, 3.63) is 57.2 Å². The molecule has 10 heteroatoms. The average Bonchev–Trinajstić information content (AvgIpc) is 3.12. The Morgan fingerprint density at radius 3 is 2.50 bits per heavy atom. The van der Waals surface area contributed by atoms with E-state index in [2.05, 4.69) is 4.74 Å². The third-order valence-corrected chi connectivity index (χ3v) is 7.81. The van der Waals surface area contributed by atoms with Crippen LogP contribution in [0.2, 0.25) is 5.02 Å². The summed E-state index contributed by atoms with van der Waals surface area (Å²) in [6, 6.07) is 3.04. The predicted molar refractivity (Wildman–Crippen MR) is 125 cm³/mol. The molecule has 0 bridgehead atoms. The van der Waals surface area contributed by atoms with E-state index in [4.69, 9.17) is 16.3 Å². The van der Waals surface area contributed by atoms with Gasteiger partial charge in [0.05, 0.1) is 31.1 Å². The van der Waals surface area contributed by atoms with Crippen molar-refractivity contribution in [2.24, 2.45) is 17.8 Å². The number of amides is 3. The summed E-state index contributed by atoms with van der Waals surface area (Å²) in [5.41, 5.74) is 2.01. The monoisotopic (exact) mass is 511 g/mol. The topological polar surface area (TPSA) is 127 Å². The molecule has 3 amide bonds. The lowest BCUT2D eigenvalue weighted by Crippen LogP contribution is -2.40. The molecular formula is C26H22ClNO8. The van der Waals surface area contributed by atoms with Crippen molar-refractivity contribution in [2.45, 2.75) is 25.7 Å². The van der Waals surface area contributed by atoms with Gasteiger partial charge in [-0.2, -0.15) is 4.90 Å². The fourth-order valence-electron chi connectivity index (χ4n) is 5.93. The number of nitrogens with zero attached hydrogens (tertiary/aromatic N) is 1. The molecule has 186 valence electrons. The number of rotatable bonds is 2. The molecule has 0 spiro atoms. The van der Waals surface area contributed by atoms with Crippen molar-refractivity contribution in [2.75, 3.05) is 14.2 Å². The Morgan fingerprint density at radius 1 is 1.11 bits per heavy atom. The lowest BCUT2D eigenvalue weighted by atomic mass is 9.59. The first kappa shape index (κ1) is 24.0. The van der Waals surface area contributed by atoms with Gasteiger partial charge in [0, 0.05) is 22.6 Å². The molecule has 1 aliphatic heterocycles. The molecule has 0 aromatic heterocycles. The van der Waals surface area contributed by atoms with Gasteiger partial charge in [0.25, 0.3) is 0 Å². The highest BCUT2D eigenvalue weighted by atomic mass is 35.5. The number of phenolic OH excluding ortho intramolecular Hbond substituents is 1. The predicted octanol–water partition coefficient (Wildman–Crippen LogP) is 3.25. The zero-order valence-corrected chi connectivity index (χ0v) is 20.4. The van der Waals surface area contributed by atoms with Crippen molar-refractivity contribution in [1.82, 2.24) is 4.90 Å². The lowest BCUT2D eigenvalue weighted by molar-refractivity contribution is -0.137. The zero-order valence-electron chi connectivity index (χ0n) is 19.7. The van der Waals surface area contributed by atoms with Crippen molar-refractivity contribution in [3.8, 4) is 11.5 Å².